The smallest absolute Gasteiger partial charge is 0.306 e. The van der Waals surface area contributed by atoms with E-state index in [-0.39, 0.29) is 49.9 Å². The summed E-state index contributed by atoms with van der Waals surface area (Å²) in [6.07, 6.45) is 11.5. The van der Waals surface area contributed by atoms with Crippen molar-refractivity contribution in [2.45, 2.75) is 82.7 Å². The number of aliphatic hydroxyl groups is 1. The van der Waals surface area contributed by atoms with Crippen LogP contribution in [-0.4, -0.2) is 48.2 Å². The molecule has 2 amide bonds. The van der Waals surface area contributed by atoms with Crippen LogP contribution in [0.15, 0.2) is 55.6 Å². The first-order chi connectivity index (χ1) is 17.9. The van der Waals surface area contributed by atoms with E-state index in [1.165, 1.54) is 19.3 Å². The molecule has 204 valence electrons. The van der Waals surface area contributed by atoms with Crippen molar-refractivity contribution < 1.29 is 24.2 Å². The maximum absolute atomic E-state index is 13.2. The molecule has 1 aliphatic rings. The Morgan fingerprint density at radius 2 is 1.76 bits per heavy atom. The minimum Gasteiger partial charge on any atom is -0.463 e. The minimum absolute atomic E-state index is 0.0155. The van der Waals surface area contributed by atoms with Gasteiger partial charge in [-0.1, -0.05) is 74.6 Å². The lowest BCUT2D eigenvalue weighted by molar-refractivity contribution is -0.145. The number of allylic oxidation sites excluding steroid dienone is 2. The molecular weight excluding hydrogens is 468 g/mol. The highest BCUT2D eigenvalue weighted by atomic mass is 16.5. The van der Waals surface area contributed by atoms with E-state index < -0.39 is 12.0 Å². The lowest BCUT2D eigenvalue weighted by Gasteiger charge is -2.28. The second-order valence-corrected chi connectivity index (χ2v) is 10.0. The number of rotatable bonds is 17. The van der Waals surface area contributed by atoms with Gasteiger partial charge < -0.3 is 20.5 Å². The molecule has 0 unspecified atom stereocenters. The number of carbonyl (C=O) groups is 3. The van der Waals surface area contributed by atoms with Crippen molar-refractivity contribution in [3.8, 4) is 0 Å². The zero-order chi connectivity index (χ0) is 26.9. The van der Waals surface area contributed by atoms with Gasteiger partial charge in [-0.25, -0.2) is 0 Å². The largest absolute Gasteiger partial charge is 0.463 e. The fraction of sp³-hybridized carbons (Fsp3) is 0.567. The third-order valence-corrected chi connectivity index (χ3v) is 6.85. The Balaban J connectivity index is 1.97. The highest BCUT2D eigenvalue weighted by molar-refractivity contribution is 5.86. The third kappa shape index (κ3) is 12.2. The van der Waals surface area contributed by atoms with E-state index in [0.29, 0.717) is 25.2 Å². The standard InChI is InChI=1S/C30H44N2O5/c1-3-5-17-29(35)37-22-27(19-24-15-10-7-11-16-24)32-30(36)25(12-4-2)20-28(34)31-26(21-33)18-23-13-8-6-9-14-23/h3-4,6,8-9,13-14,24-27,33H,1-2,5,7,10-12,15-22H2,(H,31,34)(H,32,36)/t25-,26+,27+/m1/s1. The van der Waals surface area contributed by atoms with Crippen LogP contribution >= 0.6 is 0 Å². The number of carbonyl (C=O) groups excluding carboxylic acids is 3. The van der Waals surface area contributed by atoms with Gasteiger partial charge in [-0.2, -0.15) is 0 Å². The Hall–Kier alpha value is -2.93. The van der Waals surface area contributed by atoms with E-state index in [0.717, 1.165) is 24.8 Å². The molecule has 0 heterocycles. The molecule has 1 saturated carbocycles. The van der Waals surface area contributed by atoms with Gasteiger partial charge in [-0.05, 0) is 37.2 Å². The van der Waals surface area contributed by atoms with E-state index in [2.05, 4.69) is 23.8 Å². The predicted octanol–water partition coefficient (Wildman–Crippen LogP) is 4.25. The topological polar surface area (TPSA) is 105 Å². The van der Waals surface area contributed by atoms with Gasteiger partial charge in [0.15, 0.2) is 0 Å². The second kappa shape index (κ2) is 17.5. The number of hydrogen-bond donors (Lipinski definition) is 3. The molecule has 0 aliphatic heterocycles. The number of hydrogen-bond acceptors (Lipinski definition) is 5. The number of esters is 1. The summed E-state index contributed by atoms with van der Waals surface area (Å²) in [5.41, 5.74) is 1.01. The van der Waals surface area contributed by atoms with Crippen molar-refractivity contribution in [3.63, 3.8) is 0 Å². The molecule has 7 heteroatoms. The molecule has 0 aromatic heterocycles. The summed E-state index contributed by atoms with van der Waals surface area (Å²) in [6.45, 7) is 7.31. The molecular formula is C30H44N2O5. The summed E-state index contributed by atoms with van der Waals surface area (Å²) in [5.74, 6) is -0.967. The van der Waals surface area contributed by atoms with E-state index >= 15 is 0 Å². The van der Waals surface area contributed by atoms with Crippen molar-refractivity contribution in [2.75, 3.05) is 13.2 Å². The molecule has 0 spiro atoms. The van der Waals surface area contributed by atoms with Gasteiger partial charge in [0, 0.05) is 12.8 Å². The van der Waals surface area contributed by atoms with Crippen molar-refractivity contribution in [3.05, 3.63) is 61.2 Å². The van der Waals surface area contributed by atoms with Crippen LogP contribution in [-0.2, 0) is 25.5 Å². The molecule has 7 nitrogen and oxygen atoms in total. The van der Waals surface area contributed by atoms with Crippen LogP contribution in [0, 0.1) is 11.8 Å². The van der Waals surface area contributed by atoms with Crippen LogP contribution in [0.5, 0.6) is 0 Å². The van der Waals surface area contributed by atoms with Crippen molar-refractivity contribution in [1.29, 1.82) is 0 Å². The van der Waals surface area contributed by atoms with Crippen LogP contribution in [0.3, 0.4) is 0 Å². The molecule has 0 radical (unpaired) electrons. The molecule has 0 saturated heterocycles. The average molecular weight is 513 g/mol. The number of benzene rings is 1. The Morgan fingerprint density at radius 1 is 1.03 bits per heavy atom. The summed E-state index contributed by atoms with van der Waals surface area (Å²) in [5, 5.41) is 15.7. The van der Waals surface area contributed by atoms with Gasteiger partial charge in [-0.3, -0.25) is 14.4 Å². The molecule has 2 rings (SSSR count). The molecule has 1 aliphatic carbocycles. The molecule has 1 aromatic rings. The number of ether oxygens (including phenoxy) is 1. The van der Waals surface area contributed by atoms with Gasteiger partial charge >= 0.3 is 5.97 Å². The van der Waals surface area contributed by atoms with E-state index in [1.54, 1.807) is 12.2 Å². The van der Waals surface area contributed by atoms with E-state index in [9.17, 15) is 19.5 Å². The highest BCUT2D eigenvalue weighted by Gasteiger charge is 2.27. The Bertz CT molecular complexity index is 851. The Kier molecular flexibility index (Phi) is 14.3. The molecule has 1 fully saturated rings. The van der Waals surface area contributed by atoms with Crippen LogP contribution in [0.1, 0.15) is 69.8 Å². The van der Waals surface area contributed by atoms with Gasteiger partial charge in [-0.15, -0.1) is 13.2 Å². The van der Waals surface area contributed by atoms with Gasteiger partial charge in [0.1, 0.15) is 6.61 Å². The first kappa shape index (κ1) is 30.3. The lowest BCUT2D eigenvalue weighted by Crippen LogP contribution is -2.45. The summed E-state index contributed by atoms with van der Waals surface area (Å²) in [7, 11) is 0. The zero-order valence-electron chi connectivity index (χ0n) is 22.0. The number of amides is 2. The van der Waals surface area contributed by atoms with Crippen LogP contribution < -0.4 is 10.6 Å². The van der Waals surface area contributed by atoms with Crippen LogP contribution in [0.25, 0.3) is 0 Å². The SMILES string of the molecule is C=CCCC(=O)OC[C@H](CC1CCCCC1)NC(=O)[C@H](CC=C)CC(=O)N[C@H](CO)Cc1ccccc1. The van der Waals surface area contributed by atoms with E-state index in [1.807, 2.05) is 30.3 Å². The molecule has 37 heavy (non-hydrogen) atoms. The summed E-state index contributed by atoms with van der Waals surface area (Å²) < 4.78 is 5.46. The van der Waals surface area contributed by atoms with Crippen molar-refractivity contribution >= 4 is 17.8 Å². The fourth-order valence-electron chi connectivity index (χ4n) is 4.85. The maximum atomic E-state index is 13.2. The Labute approximate surface area is 221 Å². The summed E-state index contributed by atoms with van der Waals surface area (Å²) >= 11 is 0. The molecule has 1 aromatic carbocycles. The summed E-state index contributed by atoms with van der Waals surface area (Å²) in [4.78, 5) is 38.1. The van der Waals surface area contributed by atoms with Crippen molar-refractivity contribution in [1.82, 2.24) is 10.6 Å². The van der Waals surface area contributed by atoms with Crippen LogP contribution in [0.4, 0.5) is 0 Å². The number of aliphatic hydroxyl groups excluding tert-OH is 1. The van der Waals surface area contributed by atoms with Crippen LogP contribution in [0.2, 0.25) is 0 Å². The van der Waals surface area contributed by atoms with E-state index in [4.69, 9.17) is 4.74 Å². The molecule has 3 N–H and O–H groups in total. The fourth-order valence-corrected chi connectivity index (χ4v) is 4.85. The predicted molar refractivity (Wildman–Crippen MR) is 146 cm³/mol. The maximum Gasteiger partial charge on any atom is 0.306 e. The highest BCUT2D eigenvalue weighted by Crippen LogP contribution is 2.27. The first-order valence-corrected chi connectivity index (χ1v) is 13.6. The number of nitrogens with one attached hydrogen (secondary N) is 2. The second-order valence-electron chi connectivity index (χ2n) is 10.0. The van der Waals surface area contributed by atoms with Gasteiger partial charge in [0.05, 0.1) is 24.6 Å². The molecule has 3 atom stereocenters. The lowest BCUT2D eigenvalue weighted by atomic mass is 9.84. The zero-order valence-corrected chi connectivity index (χ0v) is 22.0. The van der Waals surface area contributed by atoms with Gasteiger partial charge in [0.2, 0.25) is 11.8 Å². The Morgan fingerprint density at radius 3 is 2.41 bits per heavy atom. The van der Waals surface area contributed by atoms with Gasteiger partial charge in [0.25, 0.3) is 0 Å². The molecule has 0 bridgehead atoms. The summed E-state index contributed by atoms with van der Waals surface area (Å²) in [6, 6.07) is 8.89. The minimum atomic E-state index is -0.598. The average Bonchev–Trinajstić information content (AvgIpc) is 2.91. The quantitative estimate of drug-likeness (QED) is 0.214. The monoisotopic (exact) mass is 512 g/mol. The normalized spacial score (nSPS) is 16.1. The van der Waals surface area contributed by atoms with Crippen molar-refractivity contribution in [2.24, 2.45) is 11.8 Å². The first-order valence-electron chi connectivity index (χ1n) is 13.6. The third-order valence-electron chi connectivity index (χ3n) is 6.85.